The Bertz CT molecular complexity index is 498. The number of nitrogens with one attached hydrogen (secondary N) is 1. The third-order valence-electron chi connectivity index (χ3n) is 2.94. The fourth-order valence-electron chi connectivity index (χ4n) is 1.94. The summed E-state index contributed by atoms with van der Waals surface area (Å²) in [6, 6.07) is 6.07. The van der Waals surface area contributed by atoms with Crippen LogP contribution >= 0.6 is 0 Å². The molecule has 1 atom stereocenters. The lowest BCUT2D eigenvalue weighted by molar-refractivity contribution is -0.128. The molecule has 19 heavy (non-hydrogen) atoms. The van der Waals surface area contributed by atoms with Crippen molar-refractivity contribution in [2.24, 2.45) is 5.92 Å². The molecule has 3 nitrogen and oxygen atoms in total. The normalized spacial score (nSPS) is 18.3. The molecule has 1 amide bonds. The monoisotopic (exact) mass is 261 g/mol. The largest absolute Gasteiger partial charge is 0.381 e. The Balaban J connectivity index is 1.78. The maximum atomic E-state index is 12.9. The van der Waals surface area contributed by atoms with Crippen LogP contribution in [0.4, 0.5) is 4.39 Å². The number of amides is 1. The highest BCUT2D eigenvalue weighted by atomic mass is 19.1. The number of ether oxygens (including phenoxy) is 1. The Labute approximate surface area is 112 Å². The topological polar surface area (TPSA) is 38.3 Å². The highest BCUT2D eigenvalue weighted by Gasteiger charge is 2.20. The van der Waals surface area contributed by atoms with Crippen molar-refractivity contribution in [1.82, 2.24) is 5.32 Å². The molecule has 2 rings (SSSR count). The van der Waals surface area contributed by atoms with Gasteiger partial charge < -0.3 is 10.1 Å². The number of carbonyl (C=O) groups is 1. The molecular weight excluding hydrogens is 245 g/mol. The van der Waals surface area contributed by atoms with Crippen molar-refractivity contribution < 1.29 is 13.9 Å². The summed E-state index contributed by atoms with van der Waals surface area (Å²) in [5.41, 5.74) is 0.607. The first-order valence-electron chi connectivity index (χ1n) is 6.35. The van der Waals surface area contributed by atoms with Gasteiger partial charge in [-0.2, -0.15) is 0 Å². The maximum Gasteiger partial charge on any atom is 0.226 e. The van der Waals surface area contributed by atoms with E-state index in [0.717, 1.165) is 19.4 Å². The summed E-state index contributed by atoms with van der Waals surface area (Å²) >= 11 is 0. The van der Waals surface area contributed by atoms with Crippen LogP contribution in [0.1, 0.15) is 18.4 Å². The molecule has 1 aromatic rings. The van der Waals surface area contributed by atoms with Crippen molar-refractivity contribution in [1.29, 1.82) is 0 Å². The lowest BCUT2D eigenvalue weighted by Gasteiger charge is -2.20. The number of benzene rings is 1. The molecule has 0 unspecified atom stereocenters. The van der Waals surface area contributed by atoms with E-state index in [1.165, 1.54) is 12.1 Å². The second-order valence-corrected chi connectivity index (χ2v) is 4.44. The number of hydrogen-bond donors (Lipinski definition) is 1. The Morgan fingerprint density at radius 3 is 3.16 bits per heavy atom. The Kier molecular flexibility index (Phi) is 4.93. The van der Waals surface area contributed by atoms with Gasteiger partial charge in [0, 0.05) is 12.2 Å². The molecule has 0 aromatic heterocycles. The van der Waals surface area contributed by atoms with Crippen LogP contribution in [-0.2, 0) is 9.53 Å². The van der Waals surface area contributed by atoms with Crippen LogP contribution in [0.15, 0.2) is 24.3 Å². The molecule has 1 fully saturated rings. The number of carbonyl (C=O) groups excluding carboxylic acids is 1. The molecule has 1 aliphatic rings. The smallest absolute Gasteiger partial charge is 0.226 e. The van der Waals surface area contributed by atoms with Gasteiger partial charge in [-0.15, -0.1) is 0 Å². The van der Waals surface area contributed by atoms with Gasteiger partial charge in [-0.1, -0.05) is 17.9 Å². The average Bonchev–Trinajstić information content (AvgIpc) is 2.44. The summed E-state index contributed by atoms with van der Waals surface area (Å²) in [5.74, 6) is 5.22. The van der Waals surface area contributed by atoms with Gasteiger partial charge >= 0.3 is 0 Å². The van der Waals surface area contributed by atoms with Crippen LogP contribution in [0.25, 0.3) is 0 Å². The van der Waals surface area contributed by atoms with Gasteiger partial charge in [-0.05, 0) is 31.0 Å². The van der Waals surface area contributed by atoms with Crippen molar-refractivity contribution >= 4 is 5.91 Å². The first-order valence-corrected chi connectivity index (χ1v) is 6.35. The first-order chi connectivity index (χ1) is 9.25. The standard InChI is InChI=1S/C15H16FNO2/c16-14-7-1-4-12(10-14)5-2-8-17-15(18)13-6-3-9-19-11-13/h1,4,7,10,13H,3,6,8-9,11H2,(H,17,18)/t13-/m0/s1. The highest BCUT2D eigenvalue weighted by molar-refractivity contribution is 5.79. The predicted octanol–water partition coefficient (Wildman–Crippen LogP) is 1.72. The van der Waals surface area contributed by atoms with E-state index in [1.54, 1.807) is 12.1 Å². The molecule has 1 heterocycles. The molecule has 1 aliphatic heterocycles. The summed E-state index contributed by atoms with van der Waals surface area (Å²) < 4.78 is 18.1. The quantitative estimate of drug-likeness (QED) is 0.823. The van der Waals surface area contributed by atoms with E-state index in [4.69, 9.17) is 4.74 Å². The second-order valence-electron chi connectivity index (χ2n) is 4.44. The summed E-state index contributed by atoms with van der Waals surface area (Å²) in [4.78, 5) is 11.7. The molecule has 1 saturated heterocycles. The van der Waals surface area contributed by atoms with Gasteiger partial charge in [0.25, 0.3) is 0 Å². The molecular formula is C15H16FNO2. The summed E-state index contributed by atoms with van der Waals surface area (Å²) in [7, 11) is 0. The van der Waals surface area contributed by atoms with Crippen molar-refractivity contribution in [2.75, 3.05) is 19.8 Å². The minimum absolute atomic E-state index is 0.0201. The number of halogens is 1. The van der Waals surface area contributed by atoms with E-state index >= 15 is 0 Å². The van der Waals surface area contributed by atoms with Gasteiger partial charge in [0.2, 0.25) is 5.91 Å². The van der Waals surface area contributed by atoms with E-state index in [0.29, 0.717) is 12.2 Å². The van der Waals surface area contributed by atoms with E-state index in [1.807, 2.05) is 0 Å². The molecule has 0 radical (unpaired) electrons. The Hall–Kier alpha value is -1.86. The Morgan fingerprint density at radius 1 is 1.53 bits per heavy atom. The van der Waals surface area contributed by atoms with E-state index in [-0.39, 0.29) is 24.2 Å². The second kappa shape index (κ2) is 6.91. The summed E-state index contributed by atoms with van der Waals surface area (Å²) in [5, 5.41) is 2.75. The molecule has 100 valence electrons. The molecule has 0 bridgehead atoms. The van der Waals surface area contributed by atoms with Crippen LogP contribution in [-0.4, -0.2) is 25.7 Å². The van der Waals surface area contributed by atoms with Crippen molar-refractivity contribution in [3.8, 4) is 11.8 Å². The van der Waals surface area contributed by atoms with E-state index in [2.05, 4.69) is 17.2 Å². The van der Waals surface area contributed by atoms with Crippen LogP contribution in [0.2, 0.25) is 0 Å². The minimum Gasteiger partial charge on any atom is -0.381 e. The van der Waals surface area contributed by atoms with Crippen LogP contribution in [0.5, 0.6) is 0 Å². The third-order valence-corrected chi connectivity index (χ3v) is 2.94. The van der Waals surface area contributed by atoms with Gasteiger partial charge in [0.05, 0.1) is 19.1 Å². The fourth-order valence-corrected chi connectivity index (χ4v) is 1.94. The van der Waals surface area contributed by atoms with E-state index < -0.39 is 0 Å². The third kappa shape index (κ3) is 4.38. The number of rotatable bonds is 2. The van der Waals surface area contributed by atoms with Gasteiger partial charge in [-0.25, -0.2) is 4.39 Å². The highest BCUT2D eigenvalue weighted by Crippen LogP contribution is 2.12. The van der Waals surface area contributed by atoms with Gasteiger partial charge in [0.15, 0.2) is 0 Å². The van der Waals surface area contributed by atoms with Crippen molar-refractivity contribution in [3.05, 3.63) is 35.6 Å². The lowest BCUT2D eigenvalue weighted by Crippen LogP contribution is -2.35. The van der Waals surface area contributed by atoms with Crippen molar-refractivity contribution in [2.45, 2.75) is 12.8 Å². The molecule has 0 aliphatic carbocycles. The van der Waals surface area contributed by atoms with Gasteiger partial charge in [0.1, 0.15) is 5.82 Å². The SMILES string of the molecule is O=C(NCC#Cc1cccc(F)c1)[C@H]1CCCOC1. The predicted molar refractivity (Wildman–Crippen MR) is 69.8 cm³/mol. The maximum absolute atomic E-state index is 12.9. The fraction of sp³-hybridized carbons (Fsp3) is 0.400. The molecule has 0 saturated carbocycles. The first kappa shape index (κ1) is 13.6. The van der Waals surface area contributed by atoms with E-state index in [9.17, 15) is 9.18 Å². The summed E-state index contributed by atoms with van der Waals surface area (Å²) in [6.07, 6.45) is 1.79. The van der Waals surface area contributed by atoms with Crippen molar-refractivity contribution in [3.63, 3.8) is 0 Å². The van der Waals surface area contributed by atoms with Gasteiger partial charge in [-0.3, -0.25) is 4.79 Å². The number of hydrogen-bond acceptors (Lipinski definition) is 2. The Morgan fingerprint density at radius 2 is 2.42 bits per heavy atom. The zero-order valence-corrected chi connectivity index (χ0v) is 10.6. The van der Waals surface area contributed by atoms with Crippen LogP contribution in [0, 0.1) is 23.6 Å². The minimum atomic E-state index is -0.310. The van der Waals surface area contributed by atoms with Crippen LogP contribution in [0.3, 0.4) is 0 Å². The summed E-state index contributed by atoms with van der Waals surface area (Å²) in [6.45, 7) is 1.50. The lowest BCUT2D eigenvalue weighted by atomic mass is 10.0. The zero-order chi connectivity index (χ0) is 13.5. The molecule has 0 spiro atoms. The average molecular weight is 261 g/mol. The zero-order valence-electron chi connectivity index (χ0n) is 10.6. The van der Waals surface area contributed by atoms with Crippen LogP contribution < -0.4 is 5.32 Å². The molecule has 1 N–H and O–H groups in total. The molecule has 4 heteroatoms. The molecule has 1 aromatic carbocycles.